The summed E-state index contributed by atoms with van der Waals surface area (Å²) in [7, 11) is 0. The van der Waals surface area contributed by atoms with Crippen molar-refractivity contribution in [2.45, 2.75) is 0 Å². The molecule has 0 spiro atoms. The van der Waals surface area contributed by atoms with E-state index in [2.05, 4.69) is 0 Å². The first-order chi connectivity index (χ1) is 5.66. The molecule has 0 aliphatic rings. The van der Waals surface area contributed by atoms with Crippen LogP contribution in [0.25, 0.3) is 0 Å². The number of aliphatic hydroxyl groups excluding tert-OH is 1. The zero-order valence-electron chi connectivity index (χ0n) is 5.90. The van der Waals surface area contributed by atoms with Crippen molar-refractivity contribution in [3.05, 3.63) is 44.1 Å². The summed E-state index contributed by atoms with van der Waals surface area (Å²) in [5.74, 6) is 0. The minimum absolute atomic E-state index is 0.0550. The molecule has 1 N–H and O–H groups in total. The number of aliphatic hydroxyl groups is 1. The van der Waals surface area contributed by atoms with E-state index in [9.17, 15) is 10.1 Å². The summed E-state index contributed by atoms with van der Waals surface area (Å²) in [6.45, 7) is 0.736. The number of nitro benzene ring substituents is 1. The molecule has 1 radical (unpaired) electrons. The number of hydrogen-bond acceptors (Lipinski definition) is 3. The molecule has 0 aliphatic carbocycles. The Hall–Kier alpha value is -0.690. The smallest absolute Gasteiger partial charge is 0.288 e. The van der Waals surface area contributed by atoms with Crippen LogP contribution in [0.15, 0.2) is 18.2 Å². The number of para-hydroxylation sites is 1. The maximum Gasteiger partial charge on any atom is 0.288 e. The maximum atomic E-state index is 10.5. The molecule has 0 unspecified atom stereocenters. The molecule has 0 bridgehead atoms. The summed E-state index contributed by atoms with van der Waals surface area (Å²) in [6, 6.07) is 4.75. The largest absolute Gasteiger partial charge is 0.385 e. The Morgan fingerprint density at radius 1 is 1.58 bits per heavy atom. The Labute approximate surface area is 82.5 Å². The number of halogens is 1. The van der Waals surface area contributed by atoms with E-state index in [0.717, 1.165) is 6.61 Å². The fraction of sp³-hybridized carbons (Fsp3) is 0. The Morgan fingerprint density at radius 3 is 2.67 bits per heavy atom. The molecule has 0 saturated carbocycles. The van der Waals surface area contributed by atoms with Crippen LogP contribution in [0, 0.1) is 20.3 Å². The van der Waals surface area contributed by atoms with Crippen molar-refractivity contribution in [2.24, 2.45) is 0 Å². The van der Waals surface area contributed by atoms with Gasteiger partial charge >= 0.3 is 0 Å². The average molecular weight is 278 g/mol. The second-order valence-corrected chi connectivity index (χ2v) is 3.23. The van der Waals surface area contributed by atoms with Gasteiger partial charge in [0, 0.05) is 0 Å². The summed E-state index contributed by atoms with van der Waals surface area (Å²) in [5.41, 5.74) is 0.174. The Morgan fingerprint density at radius 2 is 2.25 bits per heavy atom. The van der Waals surface area contributed by atoms with Crippen LogP contribution >= 0.6 is 22.6 Å². The van der Waals surface area contributed by atoms with E-state index in [1.54, 1.807) is 12.1 Å². The van der Waals surface area contributed by atoms with Gasteiger partial charge in [-0.15, -0.1) is 0 Å². The van der Waals surface area contributed by atoms with E-state index in [4.69, 9.17) is 5.11 Å². The van der Waals surface area contributed by atoms with E-state index >= 15 is 0 Å². The van der Waals surface area contributed by atoms with Gasteiger partial charge < -0.3 is 5.11 Å². The Bertz CT molecular complexity index is 314. The van der Waals surface area contributed by atoms with Crippen LogP contribution in [0.3, 0.4) is 0 Å². The van der Waals surface area contributed by atoms with E-state index in [1.807, 2.05) is 22.6 Å². The number of nitrogens with zero attached hydrogens (tertiary/aromatic N) is 1. The average Bonchev–Trinajstić information content (AvgIpc) is 2.03. The second-order valence-electron chi connectivity index (χ2n) is 2.06. The zero-order chi connectivity index (χ0) is 9.14. The quantitative estimate of drug-likeness (QED) is 0.511. The van der Waals surface area contributed by atoms with Gasteiger partial charge in [0.1, 0.15) is 6.61 Å². The minimum atomic E-state index is -0.510. The van der Waals surface area contributed by atoms with Crippen LogP contribution in [0.2, 0.25) is 0 Å². The highest BCUT2D eigenvalue weighted by molar-refractivity contribution is 14.1. The molecule has 0 aromatic heterocycles. The van der Waals surface area contributed by atoms with Crippen LogP contribution in [-0.4, -0.2) is 10.0 Å². The standard InChI is InChI=1S/C7H5INO3/c8-6-3-1-2-5(4-10)7(6)9(11)12/h1-4,10H. The number of hydrogen-bond donors (Lipinski definition) is 1. The van der Waals surface area contributed by atoms with E-state index in [1.165, 1.54) is 6.07 Å². The van der Waals surface area contributed by atoms with E-state index in [-0.39, 0.29) is 11.3 Å². The molecule has 5 heteroatoms. The van der Waals surface area contributed by atoms with Crippen molar-refractivity contribution in [1.82, 2.24) is 0 Å². The predicted octanol–water partition coefficient (Wildman–Crippen LogP) is 2.08. The van der Waals surface area contributed by atoms with E-state index < -0.39 is 4.92 Å². The van der Waals surface area contributed by atoms with Gasteiger partial charge in [-0.2, -0.15) is 0 Å². The molecular formula is C7H5INO3. The van der Waals surface area contributed by atoms with Crippen molar-refractivity contribution in [3.8, 4) is 0 Å². The first-order valence-electron chi connectivity index (χ1n) is 3.07. The highest BCUT2D eigenvalue weighted by Gasteiger charge is 2.16. The Balaban J connectivity index is 3.29. The van der Waals surface area contributed by atoms with Crippen molar-refractivity contribution in [3.63, 3.8) is 0 Å². The molecule has 1 aromatic carbocycles. The minimum Gasteiger partial charge on any atom is -0.385 e. The third kappa shape index (κ3) is 1.72. The molecule has 0 saturated heterocycles. The zero-order valence-corrected chi connectivity index (χ0v) is 8.06. The lowest BCUT2D eigenvalue weighted by atomic mass is 10.2. The lowest BCUT2D eigenvalue weighted by Crippen LogP contribution is -1.96. The van der Waals surface area contributed by atoms with Crippen LogP contribution in [-0.2, 0) is 0 Å². The molecule has 0 fully saturated rings. The van der Waals surface area contributed by atoms with Gasteiger partial charge in [0.25, 0.3) is 5.69 Å². The molecule has 12 heavy (non-hydrogen) atoms. The fourth-order valence-electron chi connectivity index (χ4n) is 0.829. The van der Waals surface area contributed by atoms with Crippen LogP contribution in [0.4, 0.5) is 5.69 Å². The van der Waals surface area contributed by atoms with Gasteiger partial charge in [0.05, 0.1) is 14.1 Å². The van der Waals surface area contributed by atoms with Crippen molar-refractivity contribution in [2.75, 3.05) is 0 Å². The molecule has 0 atom stereocenters. The van der Waals surface area contributed by atoms with Gasteiger partial charge in [-0.25, -0.2) is 0 Å². The molecular weight excluding hydrogens is 273 g/mol. The molecule has 1 aromatic rings. The highest BCUT2D eigenvalue weighted by atomic mass is 127. The van der Waals surface area contributed by atoms with Crippen LogP contribution in [0.5, 0.6) is 0 Å². The lowest BCUT2D eigenvalue weighted by Gasteiger charge is -1.99. The molecule has 4 nitrogen and oxygen atoms in total. The summed E-state index contributed by atoms with van der Waals surface area (Å²) in [4.78, 5) is 9.96. The fourth-order valence-corrected chi connectivity index (χ4v) is 1.54. The maximum absolute atomic E-state index is 10.5. The highest BCUT2D eigenvalue weighted by Crippen LogP contribution is 2.25. The van der Waals surface area contributed by atoms with Gasteiger partial charge in [-0.3, -0.25) is 10.1 Å². The number of benzene rings is 1. The monoisotopic (exact) mass is 278 g/mol. The molecule has 0 aliphatic heterocycles. The van der Waals surface area contributed by atoms with Crippen LogP contribution < -0.4 is 0 Å². The van der Waals surface area contributed by atoms with Gasteiger partial charge in [0.2, 0.25) is 0 Å². The summed E-state index contributed by atoms with van der Waals surface area (Å²) in [6.07, 6.45) is 0. The van der Waals surface area contributed by atoms with Gasteiger partial charge in [0.15, 0.2) is 0 Å². The SMILES string of the molecule is O=[N+]([O-])c1c(I)cccc1[CH]O. The summed E-state index contributed by atoms with van der Waals surface area (Å²) in [5, 5.41) is 19.1. The van der Waals surface area contributed by atoms with Crippen molar-refractivity contribution >= 4 is 28.3 Å². The first kappa shape index (κ1) is 9.40. The molecule has 0 amide bonds. The lowest BCUT2D eigenvalue weighted by molar-refractivity contribution is -0.386. The van der Waals surface area contributed by atoms with Crippen molar-refractivity contribution in [1.29, 1.82) is 0 Å². The summed E-state index contributed by atoms with van der Waals surface area (Å²) < 4.78 is 0.514. The predicted molar refractivity (Wildman–Crippen MR) is 51.2 cm³/mol. The summed E-state index contributed by atoms with van der Waals surface area (Å²) >= 11 is 1.85. The molecule has 1 rings (SSSR count). The third-order valence-electron chi connectivity index (χ3n) is 1.34. The van der Waals surface area contributed by atoms with Gasteiger partial charge in [-0.1, -0.05) is 6.07 Å². The Kier molecular flexibility index (Phi) is 2.99. The van der Waals surface area contributed by atoms with Gasteiger partial charge in [-0.05, 0) is 34.7 Å². The van der Waals surface area contributed by atoms with Crippen LogP contribution in [0.1, 0.15) is 5.56 Å². The molecule has 63 valence electrons. The number of rotatable bonds is 2. The van der Waals surface area contributed by atoms with E-state index in [0.29, 0.717) is 3.57 Å². The van der Waals surface area contributed by atoms with Crippen molar-refractivity contribution < 1.29 is 10.0 Å². The second kappa shape index (κ2) is 3.81. The normalized spacial score (nSPS) is 9.83. The number of nitro groups is 1. The molecule has 0 heterocycles. The topological polar surface area (TPSA) is 63.4 Å². The first-order valence-corrected chi connectivity index (χ1v) is 4.15. The third-order valence-corrected chi connectivity index (χ3v) is 2.21.